The molecule has 168 valence electrons. The molecule has 0 aromatic heterocycles. The van der Waals surface area contributed by atoms with Gasteiger partial charge in [0.15, 0.2) is 11.6 Å². The van der Waals surface area contributed by atoms with Crippen LogP contribution in [-0.4, -0.2) is 63.3 Å². The molecule has 0 fully saturated rings. The maximum atomic E-state index is 12.5. The van der Waals surface area contributed by atoms with Gasteiger partial charge in [0, 0.05) is 23.1 Å². The minimum absolute atomic E-state index is 0.0738. The number of ketones is 2. The number of amides is 1. The molecular formula is C17H17NO11S2. The van der Waals surface area contributed by atoms with Gasteiger partial charge in [0.25, 0.3) is 20.2 Å². The van der Waals surface area contributed by atoms with Crippen LogP contribution in [0, 0.1) is 0 Å². The Bertz CT molecular complexity index is 1250. The number of nitrogens with one attached hydrogen (secondary N) is 1. The molecule has 1 amide bonds. The first kappa shape index (κ1) is 23.0. The van der Waals surface area contributed by atoms with Crippen molar-refractivity contribution in [2.24, 2.45) is 0 Å². The first-order valence-electron chi connectivity index (χ1n) is 8.55. The van der Waals surface area contributed by atoms with Crippen LogP contribution in [0.15, 0.2) is 18.2 Å². The van der Waals surface area contributed by atoms with E-state index < -0.39 is 62.8 Å². The smallest absolute Gasteiger partial charge is 0.407 e. The zero-order chi connectivity index (χ0) is 23.4. The topological polar surface area (TPSA) is 190 Å². The molecule has 3 rings (SSSR count). The van der Waals surface area contributed by atoms with Crippen molar-refractivity contribution < 1.29 is 49.8 Å². The SMILES string of the molecule is CS(=O)(=O)OC1Cc2c3c(cc(CO)c2C1(NC(=O)O)OS(C)(=O)=O)C(=O)C=CC3=O. The van der Waals surface area contributed by atoms with Gasteiger partial charge in [-0.1, -0.05) is 0 Å². The second-order valence-corrected chi connectivity index (χ2v) is 10.2. The van der Waals surface area contributed by atoms with E-state index in [1.165, 1.54) is 0 Å². The number of fused-ring (bicyclic) bond motifs is 3. The van der Waals surface area contributed by atoms with Gasteiger partial charge in [-0.15, -0.1) is 0 Å². The maximum Gasteiger partial charge on any atom is 0.407 e. The molecule has 1 aromatic carbocycles. The lowest BCUT2D eigenvalue weighted by molar-refractivity contribution is -0.0469. The highest BCUT2D eigenvalue weighted by atomic mass is 32.2. The third-order valence-electron chi connectivity index (χ3n) is 4.66. The largest absolute Gasteiger partial charge is 0.465 e. The van der Waals surface area contributed by atoms with E-state index in [0.717, 1.165) is 18.2 Å². The van der Waals surface area contributed by atoms with Gasteiger partial charge in [0.2, 0.25) is 5.72 Å². The monoisotopic (exact) mass is 475 g/mol. The number of benzene rings is 1. The highest BCUT2D eigenvalue weighted by Gasteiger charge is 2.57. The maximum absolute atomic E-state index is 12.5. The predicted molar refractivity (Wildman–Crippen MR) is 102 cm³/mol. The second-order valence-electron chi connectivity index (χ2n) is 6.98. The molecule has 0 saturated carbocycles. The molecule has 2 atom stereocenters. The summed E-state index contributed by atoms with van der Waals surface area (Å²) in [7, 11) is -8.75. The summed E-state index contributed by atoms with van der Waals surface area (Å²) >= 11 is 0. The van der Waals surface area contributed by atoms with Crippen LogP contribution in [0.1, 0.15) is 37.4 Å². The Kier molecular flexibility index (Phi) is 5.56. The molecule has 0 heterocycles. The molecule has 0 saturated heterocycles. The van der Waals surface area contributed by atoms with Crippen LogP contribution in [0.4, 0.5) is 4.79 Å². The summed E-state index contributed by atoms with van der Waals surface area (Å²) in [4.78, 5) is 36.4. The molecule has 3 N–H and O–H groups in total. The Labute approximate surface area is 176 Å². The van der Waals surface area contributed by atoms with Gasteiger partial charge in [-0.25, -0.2) is 8.98 Å². The van der Waals surface area contributed by atoms with Gasteiger partial charge in [0.1, 0.15) is 6.10 Å². The van der Waals surface area contributed by atoms with E-state index in [4.69, 9.17) is 8.37 Å². The number of allylic oxidation sites excluding steroid dienone is 2. The van der Waals surface area contributed by atoms with Crippen molar-refractivity contribution in [2.45, 2.75) is 24.9 Å². The molecule has 1 aromatic rings. The third-order valence-corrected chi connectivity index (χ3v) is 5.81. The van der Waals surface area contributed by atoms with Crippen LogP contribution in [0.25, 0.3) is 0 Å². The number of aliphatic hydroxyl groups is 1. The molecular weight excluding hydrogens is 458 g/mol. The molecule has 2 aliphatic rings. The van der Waals surface area contributed by atoms with E-state index >= 15 is 0 Å². The number of hydrogen-bond donors (Lipinski definition) is 3. The molecule has 2 aliphatic carbocycles. The Balaban J connectivity index is 2.44. The van der Waals surface area contributed by atoms with Gasteiger partial charge in [-0.05, 0) is 29.3 Å². The predicted octanol–water partition coefficient (Wildman–Crippen LogP) is -0.588. The molecule has 0 radical (unpaired) electrons. The summed E-state index contributed by atoms with van der Waals surface area (Å²) in [6.45, 7) is -0.817. The van der Waals surface area contributed by atoms with E-state index in [1.807, 2.05) is 5.32 Å². The molecule has 0 spiro atoms. The number of aliphatic hydroxyl groups excluding tert-OH is 1. The van der Waals surface area contributed by atoms with Crippen molar-refractivity contribution >= 4 is 37.9 Å². The van der Waals surface area contributed by atoms with Crippen LogP contribution in [0.2, 0.25) is 0 Å². The van der Waals surface area contributed by atoms with E-state index in [1.54, 1.807) is 0 Å². The van der Waals surface area contributed by atoms with Gasteiger partial charge >= 0.3 is 6.09 Å². The first-order chi connectivity index (χ1) is 14.2. The number of rotatable bonds is 6. The zero-order valence-corrected chi connectivity index (χ0v) is 17.7. The number of carbonyl (C=O) groups excluding carboxylic acids is 2. The molecule has 2 unspecified atom stereocenters. The highest BCUT2D eigenvalue weighted by Crippen LogP contribution is 2.46. The molecule has 0 aliphatic heterocycles. The molecule has 14 heteroatoms. The van der Waals surface area contributed by atoms with E-state index in [9.17, 15) is 41.4 Å². The van der Waals surface area contributed by atoms with Crippen LogP contribution in [0.3, 0.4) is 0 Å². The number of carbonyl (C=O) groups is 3. The minimum atomic E-state index is -4.46. The molecule has 31 heavy (non-hydrogen) atoms. The van der Waals surface area contributed by atoms with Gasteiger partial charge in [-0.2, -0.15) is 16.8 Å². The lowest BCUT2D eigenvalue weighted by Crippen LogP contribution is -2.56. The quantitative estimate of drug-likeness (QED) is 0.352. The third kappa shape index (κ3) is 4.24. The normalized spacial score (nSPS) is 22.9. The first-order valence-corrected chi connectivity index (χ1v) is 12.2. The van der Waals surface area contributed by atoms with Gasteiger partial charge < -0.3 is 10.2 Å². The zero-order valence-electron chi connectivity index (χ0n) is 16.1. The van der Waals surface area contributed by atoms with Crippen molar-refractivity contribution in [1.82, 2.24) is 5.32 Å². The Morgan fingerprint density at radius 2 is 1.77 bits per heavy atom. The van der Waals surface area contributed by atoms with E-state index in [-0.39, 0.29) is 27.8 Å². The average Bonchev–Trinajstić information content (AvgIpc) is 2.87. The standard InChI is InChI=1S/C17H17NO11S2/c1-30(24,25)28-13-6-10-14-9(11(20)3-4-12(14)21)5-8(7-19)15(10)17(13,18-16(22)23)29-31(2,26)27/h3-5,13,18-19H,6-7H2,1-2H3,(H,22,23). The lowest BCUT2D eigenvalue weighted by atomic mass is 9.85. The fraction of sp³-hybridized carbons (Fsp3) is 0.353. The fourth-order valence-electron chi connectivity index (χ4n) is 3.85. The van der Waals surface area contributed by atoms with Crippen molar-refractivity contribution in [3.63, 3.8) is 0 Å². The van der Waals surface area contributed by atoms with E-state index in [0.29, 0.717) is 12.5 Å². The van der Waals surface area contributed by atoms with E-state index in [2.05, 4.69) is 0 Å². The van der Waals surface area contributed by atoms with Gasteiger partial charge in [0.05, 0.1) is 19.1 Å². The van der Waals surface area contributed by atoms with Gasteiger partial charge in [-0.3, -0.25) is 19.1 Å². The van der Waals surface area contributed by atoms with Crippen molar-refractivity contribution in [1.29, 1.82) is 0 Å². The highest BCUT2D eigenvalue weighted by molar-refractivity contribution is 7.86. The Hall–Kier alpha value is -2.65. The van der Waals surface area contributed by atoms with Crippen LogP contribution in [-0.2, 0) is 47.4 Å². The van der Waals surface area contributed by atoms with Crippen LogP contribution < -0.4 is 5.32 Å². The summed E-state index contributed by atoms with van der Waals surface area (Å²) in [5.41, 5.74) is -3.49. The number of carboxylic acid groups (broad SMARTS) is 1. The fourth-order valence-corrected chi connectivity index (χ4v) is 5.19. The Morgan fingerprint density at radius 1 is 1.16 bits per heavy atom. The van der Waals surface area contributed by atoms with Crippen molar-refractivity contribution in [3.8, 4) is 0 Å². The second kappa shape index (κ2) is 7.49. The van der Waals surface area contributed by atoms with Crippen LogP contribution >= 0.6 is 0 Å². The summed E-state index contributed by atoms with van der Waals surface area (Å²) < 4.78 is 57.8. The summed E-state index contributed by atoms with van der Waals surface area (Å²) in [5.74, 6) is -1.24. The van der Waals surface area contributed by atoms with Crippen molar-refractivity contribution in [3.05, 3.63) is 46.0 Å². The summed E-state index contributed by atoms with van der Waals surface area (Å²) in [5, 5.41) is 21.1. The van der Waals surface area contributed by atoms with Crippen molar-refractivity contribution in [2.75, 3.05) is 12.5 Å². The average molecular weight is 475 g/mol. The summed E-state index contributed by atoms with van der Waals surface area (Å²) in [6, 6.07) is 1.10. The Morgan fingerprint density at radius 3 is 2.29 bits per heavy atom. The lowest BCUT2D eigenvalue weighted by Gasteiger charge is -2.35. The molecule has 12 nitrogen and oxygen atoms in total. The summed E-state index contributed by atoms with van der Waals surface area (Å²) in [6.07, 6.45) is -0.895. The number of hydrogen-bond acceptors (Lipinski definition) is 10. The minimum Gasteiger partial charge on any atom is -0.465 e. The molecule has 0 bridgehead atoms. The van der Waals surface area contributed by atoms with Crippen LogP contribution in [0.5, 0.6) is 0 Å².